The second-order valence-electron chi connectivity index (χ2n) is 15.1. The smallest absolute Gasteiger partial charge is 0.407 e. The minimum absolute atomic E-state index is 0.00303. The zero-order chi connectivity index (χ0) is 38.4. The third-order valence-electron chi connectivity index (χ3n) is 11.6. The lowest BCUT2D eigenvalue weighted by Gasteiger charge is -2.28. The number of benzene rings is 3. The Morgan fingerprint density at radius 3 is 1.80 bits per heavy atom. The number of likely N-dealkylation sites (tertiary alicyclic amines) is 3. The second kappa shape index (κ2) is 16.9. The summed E-state index contributed by atoms with van der Waals surface area (Å²) in [5.74, 6) is 1.62. The monoisotopic (exact) mass is 754 g/mol. The average molecular weight is 755 g/mol. The Morgan fingerprint density at radius 1 is 0.696 bits per heavy atom. The van der Waals surface area contributed by atoms with Crippen molar-refractivity contribution in [1.82, 2.24) is 40.0 Å². The molecule has 56 heavy (non-hydrogen) atoms. The highest BCUT2D eigenvalue weighted by molar-refractivity contribution is 5.87. The van der Waals surface area contributed by atoms with Crippen molar-refractivity contribution in [3.63, 3.8) is 0 Å². The van der Waals surface area contributed by atoms with Crippen molar-refractivity contribution in [3.05, 3.63) is 108 Å². The molecule has 12 heteroatoms. The molecule has 0 radical (unpaired) electrons. The molecule has 3 aromatic carbocycles. The molecule has 3 aliphatic heterocycles. The van der Waals surface area contributed by atoms with Crippen molar-refractivity contribution >= 4 is 17.9 Å². The second-order valence-corrected chi connectivity index (χ2v) is 15.1. The van der Waals surface area contributed by atoms with Gasteiger partial charge in [0.2, 0.25) is 5.91 Å². The third-order valence-corrected chi connectivity index (χ3v) is 11.6. The van der Waals surface area contributed by atoms with Crippen LogP contribution in [0.4, 0.5) is 4.79 Å². The van der Waals surface area contributed by atoms with Gasteiger partial charge >= 0.3 is 6.09 Å². The number of ether oxygens (including phenoxy) is 1. The van der Waals surface area contributed by atoms with Crippen LogP contribution in [0, 0.1) is 0 Å². The van der Waals surface area contributed by atoms with Gasteiger partial charge in [0, 0.05) is 26.1 Å². The maximum Gasteiger partial charge on any atom is 0.407 e. The zero-order valence-corrected chi connectivity index (χ0v) is 32.0. The molecule has 3 N–H and O–H groups in total. The summed E-state index contributed by atoms with van der Waals surface area (Å²) in [7, 11) is 1.29. The summed E-state index contributed by atoms with van der Waals surface area (Å²) in [6, 6.07) is 24.9. The SMILES string of the molecule is COC(=O)N[C@@H](C(=O)N1CCC[C@H]1c1ncc(-c2ccc(-c3ccc(-c4cnc([C@@H]5CCCN5C(=O)CCN5CCCCC5)[nH]4)cc3)cc2)[nH]1)c1ccccc1. The Kier molecular flexibility index (Phi) is 11.3. The Labute approximate surface area is 327 Å². The summed E-state index contributed by atoms with van der Waals surface area (Å²) in [6.07, 6.45) is 10.9. The molecular weight excluding hydrogens is 705 g/mol. The normalized spacial score (nSPS) is 19.2. The number of aromatic amines is 2. The van der Waals surface area contributed by atoms with Gasteiger partial charge in [0.25, 0.3) is 5.91 Å². The molecule has 5 aromatic rings. The van der Waals surface area contributed by atoms with Crippen LogP contribution >= 0.6 is 0 Å². The molecule has 12 nitrogen and oxygen atoms in total. The van der Waals surface area contributed by atoms with Crippen molar-refractivity contribution in [2.24, 2.45) is 0 Å². The van der Waals surface area contributed by atoms with E-state index in [4.69, 9.17) is 14.7 Å². The van der Waals surface area contributed by atoms with E-state index in [9.17, 15) is 14.4 Å². The molecule has 0 spiro atoms. The quantitative estimate of drug-likeness (QED) is 0.127. The first-order chi connectivity index (χ1) is 27.4. The number of imidazole rings is 2. The molecule has 2 aromatic heterocycles. The lowest BCUT2D eigenvalue weighted by Crippen LogP contribution is -2.42. The number of nitrogens with one attached hydrogen (secondary N) is 3. The predicted octanol–water partition coefficient (Wildman–Crippen LogP) is 7.43. The molecule has 5 heterocycles. The van der Waals surface area contributed by atoms with Gasteiger partial charge < -0.3 is 34.7 Å². The lowest BCUT2D eigenvalue weighted by molar-refractivity contribution is -0.134. The highest BCUT2D eigenvalue weighted by atomic mass is 16.5. The topological polar surface area (TPSA) is 140 Å². The molecule has 3 amide bonds. The molecule has 0 aliphatic carbocycles. The number of amides is 3. The number of aromatic nitrogens is 4. The number of methoxy groups -OCH3 is 1. The number of alkyl carbamates (subject to hydrolysis) is 1. The highest BCUT2D eigenvalue weighted by Gasteiger charge is 2.37. The number of carbonyl (C=O) groups excluding carboxylic acids is 3. The van der Waals surface area contributed by atoms with Crippen LogP contribution in [0.25, 0.3) is 33.6 Å². The van der Waals surface area contributed by atoms with Gasteiger partial charge in [-0.25, -0.2) is 14.8 Å². The standard InChI is InChI=1S/C44H50N8O4/c1-56-44(55)49-40(34-10-4-2-5-11-34)43(54)52-26-9-13-38(52)42-46-29-36(48-42)33-20-16-31(17-21-33)30-14-18-32(19-15-30)35-28-45-41(47-35)37-12-8-25-51(37)39(53)22-27-50-23-6-3-7-24-50/h2,4-5,10-11,14-21,28-29,37-38,40H,3,6-9,12-13,22-27H2,1H3,(H,45,47)(H,46,48)(H,49,55)/t37-,38-,40+/m0/s1. The number of hydrogen-bond acceptors (Lipinski definition) is 7. The van der Waals surface area contributed by atoms with Gasteiger partial charge in [-0.2, -0.15) is 0 Å². The number of piperidine rings is 1. The van der Waals surface area contributed by atoms with Crippen LogP contribution in [0.1, 0.15) is 86.7 Å². The van der Waals surface area contributed by atoms with E-state index in [-0.39, 0.29) is 23.9 Å². The van der Waals surface area contributed by atoms with E-state index in [2.05, 4.69) is 68.7 Å². The van der Waals surface area contributed by atoms with Gasteiger partial charge in [-0.3, -0.25) is 9.59 Å². The van der Waals surface area contributed by atoms with E-state index >= 15 is 0 Å². The number of hydrogen-bond donors (Lipinski definition) is 3. The summed E-state index contributed by atoms with van der Waals surface area (Å²) >= 11 is 0. The highest BCUT2D eigenvalue weighted by Crippen LogP contribution is 2.35. The minimum atomic E-state index is -0.865. The first-order valence-corrected chi connectivity index (χ1v) is 20.0. The molecular formula is C44H50N8O4. The predicted molar refractivity (Wildman–Crippen MR) is 214 cm³/mol. The van der Waals surface area contributed by atoms with E-state index in [1.165, 1.54) is 26.4 Å². The fourth-order valence-electron chi connectivity index (χ4n) is 8.51. The van der Waals surface area contributed by atoms with Crippen LogP contribution in [0.2, 0.25) is 0 Å². The van der Waals surface area contributed by atoms with Gasteiger partial charge in [0.15, 0.2) is 0 Å². The molecule has 0 unspecified atom stereocenters. The van der Waals surface area contributed by atoms with E-state index in [1.807, 2.05) is 47.6 Å². The molecule has 3 fully saturated rings. The Bertz CT molecular complexity index is 2110. The number of nitrogens with zero attached hydrogens (tertiary/aromatic N) is 5. The van der Waals surface area contributed by atoms with Crippen molar-refractivity contribution in [1.29, 1.82) is 0 Å². The molecule has 3 atom stereocenters. The fourth-order valence-corrected chi connectivity index (χ4v) is 8.51. The molecule has 3 saturated heterocycles. The molecule has 290 valence electrons. The minimum Gasteiger partial charge on any atom is -0.453 e. The van der Waals surface area contributed by atoms with Gasteiger partial charge in [-0.1, -0.05) is 85.3 Å². The van der Waals surface area contributed by atoms with Gasteiger partial charge in [-0.05, 0) is 79.4 Å². The van der Waals surface area contributed by atoms with Crippen LogP contribution in [-0.2, 0) is 14.3 Å². The Balaban J connectivity index is 0.901. The van der Waals surface area contributed by atoms with Crippen molar-refractivity contribution in [2.75, 3.05) is 39.8 Å². The van der Waals surface area contributed by atoms with Gasteiger partial charge in [0.05, 0.1) is 43.0 Å². The van der Waals surface area contributed by atoms with Gasteiger partial charge in [0.1, 0.15) is 17.7 Å². The first kappa shape index (κ1) is 37.2. The van der Waals surface area contributed by atoms with Crippen molar-refractivity contribution < 1.29 is 19.1 Å². The molecule has 8 rings (SSSR count). The van der Waals surface area contributed by atoms with Crippen LogP contribution in [0.5, 0.6) is 0 Å². The third kappa shape index (κ3) is 8.11. The van der Waals surface area contributed by atoms with Crippen LogP contribution in [0.3, 0.4) is 0 Å². The lowest BCUT2D eigenvalue weighted by atomic mass is 10.0. The van der Waals surface area contributed by atoms with E-state index in [0.717, 1.165) is 97.2 Å². The molecule has 0 saturated carbocycles. The average Bonchev–Trinajstić information content (AvgIpc) is 4.10. The fraction of sp³-hybridized carbons (Fsp3) is 0.386. The number of carbonyl (C=O) groups is 3. The van der Waals surface area contributed by atoms with Crippen LogP contribution < -0.4 is 5.32 Å². The van der Waals surface area contributed by atoms with Crippen molar-refractivity contribution in [3.8, 4) is 33.6 Å². The maximum atomic E-state index is 13.9. The Hall–Kier alpha value is -5.75. The number of rotatable bonds is 11. The largest absolute Gasteiger partial charge is 0.453 e. The van der Waals surface area contributed by atoms with E-state index < -0.39 is 12.1 Å². The van der Waals surface area contributed by atoms with E-state index in [1.54, 1.807) is 4.90 Å². The van der Waals surface area contributed by atoms with Gasteiger partial charge in [-0.15, -0.1) is 0 Å². The van der Waals surface area contributed by atoms with E-state index in [0.29, 0.717) is 18.5 Å². The summed E-state index contributed by atoms with van der Waals surface area (Å²) < 4.78 is 4.83. The van der Waals surface area contributed by atoms with Crippen LogP contribution in [-0.4, -0.2) is 92.4 Å². The summed E-state index contributed by atoms with van der Waals surface area (Å²) in [6.45, 7) is 4.43. The molecule has 0 bridgehead atoms. The summed E-state index contributed by atoms with van der Waals surface area (Å²) in [5, 5.41) is 2.72. The summed E-state index contributed by atoms with van der Waals surface area (Å²) in [4.78, 5) is 62.0. The van der Waals surface area contributed by atoms with Crippen LogP contribution in [0.15, 0.2) is 91.3 Å². The molecule has 3 aliphatic rings. The number of H-pyrrole nitrogens is 2. The maximum absolute atomic E-state index is 13.9. The van der Waals surface area contributed by atoms with Crippen molar-refractivity contribution in [2.45, 2.75) is 69.5 Å². The zero-order valence-electron chi connectivity index (χ0n) is 32.0. The summed E-state index contributed by atoms with van der Waals surface area (Å²) in [5.41, 5.74) is 6.73. The first-order valence-electron chi connectivity index (χ1n) is 20.0. The Morgan fingerprint density at radius 2 is 1.23 bits per heavy atom.